The summed E-state index contributed by atoms with van der Waals surface area (Å²) in [7, 11) is 0. The maximum absolute atomic E-state index is 12.9. The fraction of sp³-hybridized carbons (Fsp3) is 0.0952. The van der Waals surface area contributed by atoms with Crippen LogP contribution in [0, 0.1) is 12.7 Å². The normalized spacial score (nSPS) is 10.4. The highest BCUT2D eigenvalue weighted by Crippen LogP contribution is 2.20. The summed E-state index contributed by atoms with van der Waals surface area (Å²) in [5.41, 5.74) is 2.40. The molecule has 3 aromatic rings. The summed E-state index contributed by atoms with van der Waals surface area (Å²) < 4.78 is 12.9. The van der Waals surface area contributed by atoms with Crippen LogP contribution < -0.4 is 10.6 Å². The Morgan fingerprint density at radius 3 is 2.36 bits per heavy atom. The monoisotopic (exact) mass is 397 g/mol. The highest BCUT2D eigenvalue weighted by atomic mass is 35.5. The third-order valence-electron chi connectivity index (χ3n) is 4.01. The number of carbonyl (C=O) groups is 2. The minimum atomic E-state index is -0.451. The van der Waals surface area contributed by atoms with Gasteiger partial charge in [-0.1, -0.05) is 35.9 Å². The zero-order chi connectivity index (χ0) is 20.1. The van der Waals surface area contributed by atoms with Crippen LogP contribution in [0.3, 0.4) is 0 Å². The molecular weight excluding hydrogens is 381 g/mol. The first-order chi connectivity index (χ1) is 13.4. The van der Waals surface area contributed by atoms with Crippen LogP contribution in [0.2, 0.25) is 5.02 Å². The van der Waals surface area contributed by atoms with Crippen molar-refractivity contribution in [1.29, 1.82) is 0 Å². The molecule has 0 aliphatic rings. The largest absolute Gasteiger partial charge is 0.347 e. The van der Waals surface area contributed by atoms with E-state index in [1.54, 1.807) is 36.4 Å². The van der Waals surface area contributed by atoms with Crippen LogP contribution in [-0.2, 0) is 6.54 Å². The van der Waals surface area contributed by atoms with Crippen molar-refractivity contribution >= 4 is 29.1 Å². The van der Waals surface area contributed by atoms with Crippen molar-refractivity contribution in [2.75, 3.05) is 5.32 Å². The molecule has 0 aliphatic carbocycles. The van der Waals surface area contributed by atoms with Gasteiger partial charge in [-0.05, 0) is 54.4 Å². The number of amides is 2. The van der Waals surface area contributed by atoms with Gasteiger partial charge in [0.15, 0.2) is 0 Å². The minimum Gasteiger partial charge on any atom is -0.347 e. The van der Waals surface area contributed by atoms with Crippen molar-refractivity contribution in [1.82, 2.24) is 10.3 Å². The number of rotatable bonds is 5. The molecule has 0 atom stereocenters. The lowest BCUT2D eigenvalue weighted by Gasteiger charge is -2.08. The van der Waals surface area contributed by atoms with Crippen LogP contribution in [-0.4, -0.2) is 16.8 Å². The lowest BCUT2D eigenvalue weighted by Crippen LogP contribution is -2.25. The lowest BCUT2D eigenvalue weighted by molar-refractivity contribution is 0.0945. The van der Waals surface area contributed by atoms with Gasteiger partial charge in [-0.3, -0.25) is 9.59 Å². The smallest absolute Gasteiger partial charge is 0.274 e. The molecule has 0 saturated heterocycles. The Morgan fingerprint density at radius 2 is 1.68 bits per heavy atom. The molecule has 0 saturated carbocycles. The van der Waals surface area contributed by atoms with Crippen molar-refractivity contribution in [3.63, 3.8) is 0 Å². The quantitative estimate of drug-likeness (QED) is 0.671. The predicted molar refractivity (Wildman–Crippen MR) is 106 cm³/mol. The molecule has 2 aromatic carbocycles. The van der Waals surface area contributed by atoms with Gasteiger partial charge in [-0.2, -0.15) is 0 Å². The van der Waals surface area contributed by atoms with Crippen molar-refractivity contribution in [3.8, 4) is 0 Å². The van der Waals surface area contributed by atoms with Crippen LogP contribution in [0.15, 0.2) is 60.7 Å². The Hall–Kier alpha value is -3.25. The molecule has 0 bridgehead atoms. The van der Waals surface area contributed by atoms with Crippen molar-refractivity contribution < 1.29 is 14.0 Å². The van der Waals surface area contributed by atoms with E-state index in [1.807, 2.05) is 6.92 Å². The Kier molecular flexibility index (Phi) is 6.01. The molecule has 7 heteroatoms. The minimum absolute atomic E-state index is 0.103. The standard InChI is InChI=1S/C21H17ClFN3O2/c1-13-5-10-16(11-17(13)22)25-21(28)19-4-2-3-18(26-19)20(27)24-12-14-6-8-15(23)9-7-14/h2-11H,12H2,1H3,(H,24,27)(H,25,28). The van der Waals surface area contributed by atoms with Crippen LogP contribution in [0.4, 0.5) is 10.1 Å². The number of pyridine rings is 1. The Balaban J connectivity index is 1.66. The molecule has 142 valence electrons. The summed E-state index contributed by atoms with van der Waals surface area (Å²) in [5.74, 6) is -1.23. The fourth-order valence-electron chi connectivity index (χ4n) is 2.43. The van der Waals surface area contributed by atoms with E-state index in [0.717, 1.165) is 11.1 Å². The third-order valence-corrected chi connectivity index (χ3v) is 4.42. The van der Waals surface area contributed by atoms with Crippen molar-refractivity contribution in [2.24, 2.45) is 0 Å². The number of halogens is 2. The number of aryl methyl sites for hydroxylation is 1. The topological polar surface area (TPSA) is 71.1 Å². The zero-order valence-electron chi connectivity index (χ0n) is 15.0. The van der Waals surface area contributed by atoms with Crippen LogP contribution in [0.25, 0.3) is 0 Å². The van der Waals surface area contributed by atoms with E-state index < -0.39 is 11.8 Å². The van der Waals surface area contributed by atoms with Crippen LogP contribution in [0.5, 0.6) is 0 Å². The molecule has 0 spiro atoms. The van der Waals surface area contributed by atoms with E-state index in [0.29, 0.717) is 10.7 Å². The molecule has 0 unspecified atom stereocenters. The van der Waals surface area contributed by atoms with Crippen LogP contribution >= 0.6 is 11.6 Å². The number of hydrogen-bond acceptors (Lipinski definition) is 3. The Labute approximate surface area is 166 Å². The fourth-order valence-corrected chi connectivity index (χ4v) is 2.61. The van der Waals surface area contributed by atoms with Crippen LogP contribution in [0.1, 0.15) is 32.1 Å². The van der Waals surface area contributed by atoms with Gasteiger partial charge in [0, 0.05) is 17.3 Å². The second-order valence-corrected chi connectivity index (χ2v) is 6.54. The van der Waals surface area contributed by atoms with Gasteiger partial charge in [-0.15, -0.1) is 0 Å². The number of anilines is 1. The van der Waals surface area contributed by atoms with E-state index in [4.69, 9.17) is 11.6 Å². The predicted octanol–water partition coefficient (Wildman–Crippen LogP) is 4.36. The molecule has 2 N–H and O–H groups in total. The van der Waals surface area contributed by atoms with Crippen molar-refractivity contribution in [2.45, 2.75) is 13.5 Å². The van der Waals surface area contributed by atoms with E-state index >= 15 is 0 Å². The molecule has 1 aromatic heterocycles. The molecule has 0 radical (unpaired) electrons. The molecule has 0 aliphatic heterocycles. The van der Waals surface area contributed by atoms with Gasteiger partial charge in [0.1, 0.15) is 17.2 Å². The second kappa shape index (κ2) is 8.63. The number of carbonyl (C=O) groups excluding carboxylic acids is 2. The molecule has 3 rings (SSSR count). The lowest BCUT2D eigenvalue weighted by atomic mass is 10.2. The molecular formula is C21H17ClFN3O2. The first kappa shape index (κ1) is 19.5. The molecule has 0 fully saturated rings. The van der Waals surface area contributed by atoms with Gasteiger partial charge in [0.05, 0.1) is 0 Å². The van der Waals surface area contributed by atoms with E-state index in [9.17, 15) is 14.0 Å². The Bertz CT molecular complexity index is 1020. The second-order valence-electron chi connectivity index (χ2n) is 6.14. The van der Waals surface area contributed by atoms with Gasteiger partial charge in [-0.25, -0.2) is 9.37 Å². The number of nitrogens with zero attached hydrogens (tertiary/aromatic N) is 1. The van der Waals surface area contributed by atoms with Gasteiger partial charge in [0.2, 0.25) is 0 Å². The number of hydrogen-bond donors (Lipinski definition) is 2. The average molecular weight is 398 g/mol. The number of aromatic nitrogens is 1. The number of benzene rings is 2. The molecule has 1 heterocycles. The maximum Gasteiger partial charge on any atom is 0.274 e. The number of nitrogens with one attached hydrogen (secondary N) is 2. The summed E-state index contributed by atoms with van der Waals surface area (Å²) in [6, 6.07) is 15.6. The first-order valence-corrected chi connectivity index (χ1v) is 8.87. The first-order valence-electron chi connectivity index (χ1n) is 8.49. The molecule has 28 heavy (non-hydrogen) atoms. The van der Waals surface area contributed by atoms with Gasteiger partial charge >= 0.3 is 0 Å². The van der Waals surface area contributed by atoms with E-state index in [2.05, 4.69) is 15.6 Å². The summed E-state index contributed by atoms with van der Waals surface area (Å²) >= 11 is 6.06. The van der Waals surface area contributed by atoms with E-state index in [-0.39, 0.29) is 23.7 Å². The molecule has 5 nitrogen and oxygen atoms in total. The highest BCUT2D eigenvalue weighted by molar-refractivity contribution is 6.31. The summed E-state index contributed by atoms with van der Waals surface area (Å²) in [5, 5.41) is 5.94. The summed E-state index contributed by atoms with van der Waals surface area (Å²) in [6.07, 6.45) is 0. The zero-order valence-corrected chi connectivity index (χ0v) is 15.8. The van der Waals surface area contributed by atoms with Gasteiger partial charge < -0.3 is 10.6 Å². The highest BCUT2D eigenvalue weighted by Gasteiger charge is 2.13. The van der Waals surface area contributed by atoms with Crippen molar-refractivity contribution in [3.05, 3.63) is 94.0 Å². The summed E-state index contributed by atoms with van der Waals surface area (Å²) in [4.78, 5) is 28.8. The maximum atomic E-state index is 12.9. The summed E-state index contributed by atoms with van der Waals surface area (Å²) in [6.45, 7) is 2.09. The van der Waals surface area contributed by atoms with E-state index in [1.165, 1.54) is 24.3 Å². The molecule has 2 amide bonds. The SMILES string of the molecule is Cc1ccc(NC(=O)c2cccc(C(=O)NCc3ccc(F)cc3)n2)cc1Cl. The Morgan fingerprint density at radius 1 is 1.00 bits per heavy atom. The average Bonchev–Trinajstić information content (AvgIpc) is 2.70. The third kappa shape index (κ3) is 4.92. The van der Waals surface area contributed by atoms with Gasteiger partial charge in [0.25, 0.3) is 11.8 Å².